The maximum atomic E-state index is 12.5. The average Bonchev–Trinajstić information content (AvgIpc) is 3.06. The molecule has 0 unspecified atom stereocenters. The van der Waals surface area contributed by atoms with E-state index in [2.05, 4.69) is 4.72 Å². The number of nitrogens with one attached hydrogen (secondary N) is 1. The number of anilines is 1. The van der Waals surface area contributed by atoms with Crippen LogP contribution in [0.1, 0.15) is 9.67 Å². The number of aromatic carboxylic acids is 1. The molecular formula is C17H12N2O6S2. The topological polar surface area (TPSA) is 127 Å². The molecule has 0 aliphatic carbocycles. The minimum Gasteiger partial charge on any atom is -0.477 e. The fourth-order valence-corrected chi connectivity index (χ4v) is 4.41. The summed E-state index contributed by atoms with van der Waals surface area (Å²) in [6.07, 6.45) is 0. The lowest BCUT2D eigenvalue weighted by Gasteiger charge is -2.07. The summed E-state index contributed by atoms with van der Waals surface area (Å²) in [7, 11) is -4.11. The first-order chi connectivity index (χ1) is 12.8. The molecule has 1 aromatic heterocycles. The second-order valence-electron chi connectivity index (χ2n) is 5.38. The van der Waals surface area contributed by atoms with E-state index in [9.17, 15) is 28.4 Å². The molecule has 1 heterocycles. The van der Waals surface area contributed by atoms with Crippen molar-refractivity contribution in [3.05, 3.63) is 75.7 Å². The summed E-state index contributed by atoms with van der Waals surface area (Å²) in [6, 6.07) is 14.7. The van der Waals surface area contributed by atoms with Gasteiger partial charge in [0.25, 0.3) is 15.7 Å². The second kappa shape index (κ2) is 7.17. The number of nitro benzene ring substituents is 1. The molecule has 0 amide bonds. The largest absolute Gasteiger partial charge is 0.477 e. The van der Waals surface area contributed by atoms with E-state index in [-0.39, 0.29) is 21.1 Å². The highest BCUT2D eigenvalue weighted by atomic mass is 32.2. The quantitative estimate of drug-likeness (QED) is 0.475. The van der Waals surface area contributed by atoms with Crippen molar-refractivity contribution < 1.29 is 23.2 Å². The number of benzene rings is 2. The molecule has 10 heteroatoms. The third-order valence-electron chi connectivity index (χ3n) is 3.59. The molecule has 27 heavy (non-hydrogen) atoms. The van der Waals surface area contributed by atoms with E-state index in [1.165, 1.54) is 6.07 Å². The van der Waals surface area contributed by atoms with Gasteiger partial charge in [-0.15, -0.1) is 11.3 Å². The van der Waals surface area contributed by atoms with Crippen LogP contribution in [0, 0.1) is 10.1 Å². The van der Waals surface area contributed by atoms with Crippen LogP contribution in [-0.4, -0.2) is 24.4 Å². The lowest BCUT2D eigenvalue weighted by Crippen LogP contribution is -2.14. The van der Waals surface area contributed by atoms with Gasteiger partial charge in [-0.1, -0.05) is 30.3 Å². The van der Waals surface area contributed by atoms with Crippen molar-refractivity contribution in [3.63, 3.8) is 0 Å². The van der Waals surface area contributed by atoms with E-state index in [0.717, 1.165) is 41.2 Å². The molecule has 0 atom stereocenters. The highest BCUT2D eigenvalue weighted by Gasteiger charge is 2.22. The molecule has 2 aromatic carbocycles. The first-order valence-corrected chi connectivity index (χ1v) is 9.78. The van der Waals surface area contributed by atoms with E-state index in [1.54, 1.807) is 24.3 Å². The molecule has 138 valence electrons. The number of carboxylic acids is 1. The Balaban J connectivity index is 1.97. The summed E-state index contributed by atoms with van der Waals surface area (Å²) in [5, 5.41) is 20.1. The smallest absolute Gasteiger partial charge is 0.348 e. The van der Waals surface area contributed by atoms with Crippen molar-refractivity contribution in [2.75, 3.05) is 4.72 Å². The number of carboxylic acid groups (broad SMARTS) is 1. The van der Waals surface area contributed by atoms with E-state index < -0.39 is 20.9 Å². The lowest BCUT2D eigenvalue weighted by atomic mass is 10.2. The summed E-state index contributed by atoms with van der Waals surface area (Å²) in [5.74, 6) is -1.26. The van der Waals surface area contributed by atoms with Crippen molar-refractivity contribution in [2.45, 2.75) is 4.90 Å². The number of rotatable bonds is 6. The number of carbonyl (C=O) groups is 1. The number of nitro groups is 1. The number of thiophene rings is 1. The van der Waals surface area contributed by atoms with Crippen LogP contribution in [0.2, 0.25) is 0 Å². The highest BCUT2D eigenvalue weighted by Crippen LogP contribution is 2.36. The summed E-state index contributed by atoms with van der Waals surface area (Å²) < 4.78 is 27.3. The van der Waals surface area contributed by atoms with E-state index >= 15 is 0 Å². The Bertz CT molecular complexity index is 1110. The molecule has 0 aliphatic rings. The Hall–Kier alpha value is -3.24. The van der Waals surface area contributed by atoms with Crippen LogP contribution < -0.4 is 4.72 Å². The Labute approximate surface area is 157 Å². The van der Waals surface area contributed by atoms with Crippen LogP contribution in [0.5, 0.6) is 0 Å². The highest BCUT2D eigenvalue weighted by molar-refractivity contribution is 7.92. The monoisotopic (exact) mass is 404 g/mol. The van der Waals surface area contributed by atoms with E-state index in [4.69, 9.17) is 0 Å². The predicted molar refractivity (Wildman–Crippen MR) is 101 cm³/mol. The number of hydrogen-bond acceptors (Lipinski definition) is 6. The predicted octanol–water partition coefficient (Wildman–Crippen LogP) is 3.82. The Morgan fingerprint density at radius 1 is 1.07 bits per heavy atom. The van der Waals surface area contributed by atoms with E-state index in [0.29, 0.717) is 4.88 Å². The molecule has 2 N–H and O–H groups in total. The van der Waals surface area contributed by atoms with Crippen molar-refractivity contribution in [2.24, 2.45) is 0 Å². The van der Waals surface area contributed by atoms with Crippen LogP contribution in [0.4, 0.5) is 11.4 Å². The van der Waals surface area contributed by atoms with Crippen LogP contribution >= 0.6 is 11.3 Å². The second-order valence-corrected chi connectivity index (χ2v) is 8.12. The van der Waals surface area contributed by atoms with Gasteiger partial charge in [-0.25, -0.2) is 13.2 Å². The van der Waals surface area contributed by atoms with Crippen LogP contribution in [-0.2, 0) is 10.0 Å². The molecule has 8 nitrogen and oxygen atoms in total. The molecular weight excluding hydrogens is 392 g/mol. The van der Waals surface area contributed by atoms with Crippen molar-refractivity contribution in [3.8, 4) is 10.4 Å². The molecule has 3 aromatic rings. The molecule has 3 rings (SSSR count). The Morgan fingerprint density at radius 3 is 2.26 bits per heavy atom. The fraction of sp³-hybridized carbons (Fsp3) is 0. The van der Waals surface area contributed by atoms with Crippen molar-refractivity contribution >= 4 is 38.7 Å². The Morgan fingerprint density at radius 2 is 1.70 bits per heavy atom. The third-order valence-corrected chi connectivity index (χ3v) is 6.14. The van der Waals surface area contributed by atoms with Gasteiger partial charge < -0.3 is 5.11 Å². The van der Waals surface area contributed by atoms with Gasteiger partial charge in [0, 0.05) is 17.0 Å². The molecule has 0 bridgehead atoms. The zero-order chi connectivity index (χ0) is 19.6. The summed E-state index contributed by atoms with van der Waals surface area (Å²) in [5.41, 5.74) is 0.442. The van der Waals surface area contributed by atoms with Gasteiger partial charge in [0.2, 0.25) is 0 Å². The molecule has 0 saturated carbocycles. The molecule has 0 aliphatic heterocycles. The first-order valence-electron chi connectivity index (χ1n) is 7.48. The zero-order valence-electron chi connectivity index (χ0n) is 13.5. The van der Waals surface area contributed by atoms with Gasteiger partial charge in [0.15, 0.2) is 0 Å². The minimum atomic E-state index is -4.11. The van der Waals surface area contributed by atoms with Crippen molar-refractivity contribution in [1.82, 2.24) is 0 Å². The lowest BCUT2D eigenvalue weighted by molar-refractivity contribution is -0.384. The van der Waals surface area contributed by atoms with Crippen LogP contribution in [0.3, 0.4) is 0 Å². The first kappa shape index (κ1) is 18.5. The van der Waals surface area contributed by atoms with Gasteiger partial charge in [0.1, 0.15) is 4.88 Å². The number of hydrogen-bond donors (Lipinski definition) is 2. The maximum absolute atomic E-state index is 12.5. The third kappa shape index (κ3) is 3.96. The normalized spacial score (nSPS) is 11.1. The molecule has 0 fully saturated rings. The maximum Gasteiger partial charge on any atom is 0.348 e. The van der Waals surface area contributed by atoms with Crippen LogP contribution in [0.25, 0.3) is 10.4 Å². The zero-order valence-corrected chi connectivity index (χ0v) is 15.2. The van der Waals surface area contributed by atoms with Gasteiger partial charge >= 0.3 is 5.97 Å². The molecule has 0 radical (unpaired) electrons. The Kier molecular flexibility index (Phi) is 4.93. The van der Waals surface area contributed by atoms with Gasteiger partial charge in [-0.3, -0.25) is 14.8 Å². The molecule has 0 saturated heterocycles. The van der Waals surface area contributed by atoms with Gasteiger partial charge in [-0.2, -0.15) is 0 Å². The van der Waals surface area contributed by atoms with Gasteiger partial charge in [-0.05, 0) is 23.8 Å². The van der Waals surface area contributed by atoms with Gasteiger partial charge in [0.05, 0.1) is 15.5 Å². The standard InChI is InChI=1S/C17H12N2O6S2/c20-17(21)16-14(10-15(26-16)11-4-2-1-3-5-11)18-27(24,25)13-8-6-12(7-9-13)19(22)23/h1-10,18H,(H,20,21). The summed E-state index contributed by atoms with van der Waals surface area (Å²) >= 11 is 0.947. The molecule has 0 spiro atoms. The summed E-state index contributed by atoms with van der Waals surface area (Å²) in [4.78, 5) is 21.8. The van der Waals surface area contributed by atoms with Crippen molar-refractivity contribution in [1.29, 1.82) is 0 Å². The number of nitrogens with zero attached hydrogens (tertiary/aromatic N) is 1. The SMILES string of the molecule is O=C(O)c1sc(-c2ccccc2)cc1NS(=O)(=O)c1ccc([N+](=O)[O-])cc1. The fourth-order valence-electron chi connectivity index (χ4n) is 2.32. The van der Waals surface area contributed by atoms with Crippen LogP contribution in [0.15, 0.2) is 65.6 Å². The average molecular weight is 404 g/mol. The minimum absolute atomic E-state index is 0.0651. The van der Waals surface area contributed by atoms with E-state index in [1.807, 2.05) is 6.07 Å². The number of sulfonamides is 1. The number of non-ortho nitro benzene ring substituents is 1. The summed E-state index contributed by atoms with van der Waals surface area (Å²) in [6.45, 7) is 0.